The Labute approximate surface area is 196 Å². The number of nitrogens with zero attached hydrogens (tertiary/aromatic N) is 1. The van der Waals surface area contributed by atoms with Gasteiger partial charge in [0, 0.05) is 16.9 Å². The fourth-order valence-electron chi connectivity index (χ4n) is 3.92. The Morgan fingerprint density at radius 1 is 1.15 bits per heavy atom. The van der Waals surface area contributed by atoms with E-state index in [9.17, 15) is 18.4 Å². The second-order valence-corrected chi connectivity index (χ2v) is 8.16. The molecule has 0 spiro atoms. The summed E-state index contributed by atoms with van der Waals surface area (Å²) in [7, 11) is 0. The van der Waals surface area contributed by atoms with E-state index in [-0.39, 0.29) is 24.6 Å². The number of alkyl halides is 2. The van der Waals surface area contributed by atoms with E-state index in [0.29, 0.717) is 28.3 Å². The molecule has 1 heterocycles. The van der Waals surface area contributed by atoms with Crippen molar-refractivity contribution < 1.29 is 23.1 Å². The van der Waals surface area contributed by atoms with Crippen LogP contribution >= 0.6 is 0 Å². The zero-order valence-electron chi connectivity index (χ0n) is 18.6. The third kappa shape index (κ3) is 4.85. The average Bonchev–Trinajstić information content (AvgIpc) is 3.02. The molecule has 0 fully saturated rings. The molecule has 8 heteroatoms. The van der Waals surface area contributed by atoms with E-state index in [1.54, 1.807) is 48.5 Å². The summed E-state index contributed by atoms with van der Waals surface area (Å²) in [6.45, 7) is 0.705. The van der Waals surface area contributed by atoms with Gasteiger partial charge in [-0.3, -0.25) is 9.59 Å². The predicted octanol–water partition coefficient (Wildman–Crippen LogP) is 4.34. The molecular formula is C26H25F2N3O3. The average molecular weight is 466 g/mol. The maximum atomic E-state index is 13.9. The summed E-state index contributed by atoms with van der Waals surface area (Å²) < 4.78 is 32.0. The molecule has 1 aliphatic rings. The summed E-state index contributed by atoms with van der Waals surface area (Å²) in [5.74, 6) is -0.275. The SMILES string of the molecule is Cc1cccc2c1OCC(=O)NC2C(=O)N(Cc1ccc(C(F)CF)cc1)c1ccc(N)cc1. The summed E-state index contributed by atoms with van der Waals surface area (Å²) in [6.07, 6.45) is -1.69. The van der Waals surface area contributed by atoms with Crippen LogP contribution in [0.5, 0.6) is 5.75 Å². The van der Waals surface area contributed by atoms with Crippen molar-refractivity contribution >= 4 is 23.2 Å². The van der Waals surface area contributed by atoms with E-state index in [1.807, 2.05) is 13.0 Å². The second-order valence-electron chi connectivity index (χ2n) is 8.16. The number of hydrogen-bond acceptors (Lipinski definition) is 4. The van der Waals surface area contributed by atoms with Gasteiger partial charge < -0.3 is 20.7 Å². The zero-order valence-corrected chi connectivity index (χ0v) is 18.6. The lowest BCUT2D eigenvalue weighted by Crippen LogP contribution is -2.43. The fourth-order valence-corrected chi connectivity index (χ4v) is 3.92. The van der Waals surface area contributed by atoms with Gasteiger partial charge in [0.2, 0.25) is 0 Å². The predicted molar refractivity (Wildman–Crippen MR) is 126 cm³/mol. The van der Waals surface area contributed by atoms with E-state index in [2.05, 4.69) is 5.32 Å². The van der Waals surface area contributed by atoms with Gasteiger partial charge in [0.15, 0.2) is 12.8 Å². The van der Waals surface area contributed by atoms with Gasteiger partial charge in [-0.1, -0.05) is 42.5 Å². The minimum Gasteiger partial charge on any atom is -0.483 e. The van der Waals surface area contributed by atoms with Crippen LogP contribution in [-0.4, -0.2) is 25.1 Å². The van der Waals surface area contributed by atoms with Crippen LogP contribution in [0.2, 0.25) is 0 Å². The number of halogens is 2. The van der Waals surface area contributed by atoms with Crippen molar-refractivity contribution in [1.29, 1.82) is 0 Å². The Kier molecular flexibility index (Phi) is 6.77. The van der Waals surface area contributed by atoms with Gasteiger partial charge in [0.05, 0.1) is 6.54 Å². The molecule has 0 saturated heterocycles. The largest absolute Gasteiger partial charge is 0.483 e. The van der Waals surface area contributed by atoms with E-state index >= 15 is 0 Å². The van der Waals surface area contributed by atoms with Crippen molar-refractivity contribution in [3.05, 3.63) is 89.0 Å². The molecule has 6 nitrogen and oxygen atoms in total. The highest BCUT2D eigenvalue weighted by Gasteiger charge is 2.33. The molecule has 0 radical (unpaired) electrons. The maximum absolute atomic E-state index is 13.9. The lowest BCUT2D eigenvalue weighted by molar-refractivity contribution is -0.128. The van der Waals surface area contributed by atoms with Crippen LogP contribution < -0.4 is 20.7 Å². The van der Waals surface area contributed by atoms with E-state index in [4.69, 9.17) is 10.5 Å². The van der Waals surface area contributed by atoms with Crippen molar-refractivity contribution in [2.45, 2.75) is 25.7 Å². The number of nitrogens with two attached hydrogens (primary N) is 1. The van der Waals surface area contributed by atoms with Gasteiger partial charge >= 0.3 is 0 Å². The minimum absolute atomic E-state index is 0.143. The van der Waals surface area contributed by atoms with Crippen molar-refractivity contribution in [2.75, 3.05) is 23.9 Å². The Balaban J connectivity index is 1.72. The first kappa shape index (κ1) is 23.2. The number of nitrogens with one attached hydrogen (secondary N) is 1. The molecule has 2 atom stereocenters. The highest BCUT2D eigenvalue weighted by molar-refractivity contribution is 6.00. The summed E-state index contributed by atoms with van der Waals surface area (Å²) in [6, 6.07) is 17.6. The van der Waals surface area contributed by atoms with Crippen LogP contribution in [0.1, 0.15) is 34.5 Å². The lowest BCUT2D eigenvalue weighted by Gasteiger charge is -2.28. The topological polar surface area (TPSA) is 84.7 Å². The van der Waals surface area contributed by atoms with Crippen molar-refractivity contribution in [3.63, 3.8) is 0 Å². The number of rotatable bonds is 6. The molecule has 2 amide bonds. The molecule has 176 valence electrons. The number of fused-ring (bicyclic) bond motifs is 1. The third-order valence-corrected chi connectivity index (χ3v) is 5.74. The number of benzene rings is 3. The third-order valence-electron chi connectivity index (χ3n) is 5.74. The van der Waals surface area contributed by atoms with Gasteiger partial charge in [-0.2, -0.15) is 0 Å². The van der Waals surface area contributed by atoms with Crippen molar-refractivity contribution in [3.8, 4) is 5.75 Å². The smallest absolute Gasteiger partial charge is 0.258 e. The molecule has 0 saturated carbocycles. The normalized spacial score (nSPS) is 16.0. The van der Waals surface area contributed by atoms with Crippen LogP contribution in [0.4, 0.5) is 20.2 Å². The summed E-state index contributed by atoms with van der Waals surface area (Å²) in [4.78, 5) is 27.8. The number of para-hydroxylation sites is 1. The van der Waals surface area contributed by atoms with E-state index in [0.717, 1.165) is 5.56 Å². The summed E-state index contributed by atoms with van der Waals surface area (Å²) in [5.41, 5.74) is 9.26. The van der Waals surface area contributed by atoms with Gasteiger partial charge in [0.1, 0.15) is 18.5 Å². The van der Waals surface area contributed by atoms with Crippen molar-refractivity contribution in [1.82, 2.24) is 5.32 Å². The number of carbonyl (C=O) groups is 2. The molecule has 34 heavy (non-hydrogen) atoms. The number of amides is 2. The first-order valence-corrected chi connectivity index (χ1v) is 10.8. The standard InChI is InChI=1S/C26H25F2N3O3/c1-16-3-2-4-21-24(30-23(32)15-34-25(16)21)26(33)31(20-11-9-19(29)10-12-20)14-17-5-7-18(8-6-17)22(28)13-27/h2-12,22,24H,13-15,29H2,1H3,(H,30,32). The number of hydrogen-bond donors (Lipinski definition) is 2. The number of aryl methyl sites for hydroxylation is 1. The highest BCUT2D eigenvalue weighted by Crippen LogP contribution is 2.33. The maximum Gasteiger partial charge on any atom is 0.258 e. The molecule has 3 N–H and O–H groups in total. The molecule has 2 unspecified atom stereocenters. The minimum atomic E-state index is -1.69. The molecule has 3 aromatic carbocycles. The summed E-state index contributed by atoms with van der Waals surface area (Å²) in [5, 5.41) is 2.77. The molecular weight excluding hydrogens is 440 g/mol. The van der Waals surface area contributed by atoms with Crippen molar-refractivity contribution in [2.24, 2.45) is 0 Å². The van der Waals surface area contributed by atoms with Crippen LogP contribution in [0.15, 0.2) is 66.7 Å². The van der Waals surface area contributed by atoms with Crippen LogP contribution in [0, 0.1) is 6.92 Å². The summed E-state index contributed by atoms with van der Waals surface area (Å²) >= 11 is 0. The van der Waals surface area contributed by atoms with Gasteiger partial charge in [-0.25, -0.2) is 8.78 Å². The van der Waals surface area contributed by atoms with Crippen LogP contribution in [-0.2, 0) is 16.1 Å². The number of anilines is 2. The molecule has 0 aliphatic carbocycles. The molecule has 0 aromatic heterocycles. The lowest BCUT2D eigenvalue weighted by atomic mass is 10.0. The Morgan fingerprint density at radius 2 is 1.85 bits per heavy atom. The zero-order chi connectivity index (χ0) is 24.2. The van der Waals surface area contributed by atoms with Gasteiger partial charge in [-0.05, 0) is 47.9 Å². The van der Waals surface area contributed by atoms with Gasteiger partial charge in [-0.15, -0.1) is 0 Å². The molecule has 4 rings (SSSR count). The fraction of sp³-hybridized carbons (Fsp3) is 0.231. The second kappa shape index (κ2) is 9.91. The first-order chi connectivity index (χ1) is 16.4. The van der Waals surface area contributed by atoms with E-state index < -0.39 is 24.8 Å². The molecule has 1 aliphatic heterocycles. The Bertz CT molecular complexity index is 1180. The molecule has 0 bridgehead atoms. The highest BCUT2D eigenvalue weighted by atomic mass is 19.2. The van der Waals surface area contributed by atoms with Gasteiger partial charge in [0.25, 0.3) is 11.8 Å². The quantitative estimate of drug-likeness (QED) is 0.531. The monoisotopic (exact) mass is 465 g/mol. The van der Waals surface area contributed by atoms with Crippen LogP contribution in [0.25, 0.3) is 0 Å². The number of carbonyl (C=O) groups excluding carboxylic acids is 2. The number of ether oxygens (including phenoxy) is 1. The Hall–Kier alpha value is -3.94. The Morgan fingerprint density at radius 3 is 2.53 bits per heavy atom. The van der Waals surface area contributed by atoms with Crippen LogP contribution in [0.3, 0.4) is 0 Å². The first-order valence-electron chi connectivity index (χ1n) is 10.8. The number of nitrogen functional groups attached to an aromatic ring is 1. The van der Waals surface area contributed by atoms with E-state index in [1.165, 1.54) is 17.0 Å². The molecule has 3 aromatic rings.